The van der Waals surface area contributed by atoms with E-state index >= 15 is 0 Å². The van der Waals surface area contributed by atoms with Crippen LogP contribution in [0.3, 0.4) is 0 Å². The molecule has 5 heterocycles. The number of hydrogen-bond acceptors (Lipinski definition) is 37. The maximum atomic E-state index is 14.5. The summed E-state index contributed by atoms with van der Waals surface area (Å²) in [5.74, 6) is -1.50. The Morgan fingerprint density at radius 2 is 0.637 bits per heavy atom. The van der Waals surface area contributed by atoms with E-state index in [0.29, 0.717) is 25.7 Å². The number of esters is 2. The molecule has 6 rings (SSSR count). The van der Waals surface area contributed by atoms with Crippen LogP contribution in [0.25, 0.3) is 0 Å². The molecule has 1 aliphatic carbocycles. The van der Waals surface area contributed by atoms with E-state index in [1.54, 1.807) is 0 Å². The first-order valence-electron chi connectivity index (χ1n) is 40.2. The van der Waals surface area contributed by atoms with Crippen molar-refractivity contribution in [2.75, 3.05) is 46.2 Å². The van der Waals surface area contributed by atoms with Gasteiger partial charge in [-0.05, 0) is 64.2 Å². The van der Waals surface area contributed by atoms with Gasteiger partial charge in [0.05, 0.1) is 39.6 Å². The summed E-state index contributed by atoms with van der Waals surface area (Å²) >= 11 is 0. The molecule has 5 aliphatic heterocycles. The van der Waals surface area contributed by atoms with Crippen molar-refractivity contribution >= 4 is 19.8 Å². The third kappa shape index (κ3) is 31.1. The smallest absolute Gasteiger partial charge is 0.462 e. The van der Waals surface area contributed by atoms with E-state index in [-0.39, 0.29) is 12.8 Å². The number of phosphoric ester groups is 1. The average molecular weight is 1660 g/mol. The summed E-state index contributed by atoms with van der Waals surface area (Å²) in [5.41, 5.74) is 0. The van der Waals surface area contributed by atoms with Gasteiger partial charge >= 0.3 is 19.8 Å². The highest BCUT2D eigenvalue weighted by atomic mass is 31.2. The molecular formula is C74H131O38P. The number of phosphoric acid groups is 1. The molecule has 0 bridgehead atoms. The summed E-state index contributed by atoms with van der Waals surface area (Å²) in [6, 6.07) is 0. The molecule has 21 N–H and O–H groups in total. The molecule has 6 aliphatic rings. The molecule has 33 atom stereocenters. The van der Waals surface area contributed by atoms with Gasteiger partial charge in [0, 0.05) is 12.8 Å². The van der Waals surface area contributed by atoms with E-state index in [1.165, 1.54) is 57.8 Å². The number of aliphatic hydroxyl groups is 20. The topological polar surface area (TPSA) is 605 Å². The van der Waals surface area contributed by atoms with Crippen LogP contribution < -0.4 is 0 Å². The lowest BCUT2D eigenvalue weighted by molar-refractivity contribution is -0.365. The molecule has 0 aromatic rings. The zero-order chi connectivity index (χ0) is 82.9. The minimum Gasteiger partial charge on any atom is -0.462 e. The first-order valence-corrected chi connectivity index (χ1v) is 41.7. The Hall–Kier alpha value is -2.67. The van der Waals surface area contributed by atoms with Gasteiger partial charge in [-0.2, -0.15) is 0 Å². The first-order chi connectivity index (χ1) is 54.0. The number of unbranched alkanes of at least 4 members (excludes halogenated alkanes) is 21. The fraction of sp³-hybridized carbons (Fsp3) is 0.919. The Balaban J connectivity index is 1.13. The van der Waals surface area contributed by atoms with Gasteiger partial charge in [0.15, 0.2) is 37.6 Å². The Morgan fingerprint density at radius 3 is 1.01 bits per heavy atom. The van der Waals surface area contributed by atoms with Crippen molar-refractivity contribution in [3.63, 3.8) is 0 Å². The second-order valence-electron chi connectivity index (χ2n) is 30.1. The van der Waals surface area contributed by atoms with Gasteiger partial charge in [0.1, 0.15) is 165 Å². The molecule has 113 heavy (non-hydrogen) atoms. The molecule has 0 aromatic carbocycles. The van der Waals surface area contributed by atoms with Gasteiger partial charge in [0.25, 0.3) is 0 Å². The summed E-state index contributed by atoms with van der Waals surface area (Å²) in [7, 11) is -5.86. The van der Waals surface area contributed by atoms with Crippen LogP contribution in [-0.4, -0.2) is 361 Å². The van der Waals surface area contributed by atoms with Crippen LogP contribution in [-0.2, 0) is 80.0 Å². The van der Waals surface area contributed by atoms with E-state index in [0.717, 1.165) is 77.0 Å². The Kier molecular flexibility index (Phi) is 45.5. The highest BCUT2D eigenvalue weighted by Gasteiger charge is 2.59. The van der Waals surface area contributed by atoms with E-state index in [1.807, 2.05) is 0 Å². The van der Waals surface area contributed by atoms with Crippen LogP contribution in [0.2, 0.25) is 0 Å². The fourth-order valence-corrected chi connectivity index (χ4v) is 14.9. The molecule has 0 aromatic heterocycles. The molecule has 6 fully saturated rings. The third-order valence-corrected chi connectivity index (χ3v) is 22.0. The van der Waals surface area contributed by atoms with Crippen LogP contribution in [0.15, 0.2) is 24.3 Å². The number of carbonyl (C=O) groups is 2. The average Bonchev–Trinajstić information content (AvgIpc) is 0.769. The quantitative estimate of drug-likeness (QED) is 0.0130. The molecular weight excluding hydrogens is 1530 g/mol. The zero-order valence-electron chi connectivity index (χ0n) is 64.6. The lowest BCUT2D eigenvalue weighted by atomic mass is 9.84. The Bertz CT molecular complexity index is 2710. The van der Waals surface area contributed by atoms with Crippen LogP contribution in [0.1, 0.15) is 187 Å². The maximum Gasteiger partial charge on any atom is 0.472 e. The SMILES string of the molecule is CCCCCC/C=C\CCCCCCCC(=O)O[C@H](COC(=O)CCCCCCC/C=C\CCCCCCCCC)COP(=O)(O)O[C@@H]1C(O[C@@H]2OC(CO[C@@H]3OC(CO[C@@H]4OC(CO[C@@H]5OC(CO)[C@H](O)C(O)[C@@H]5O)[C@H](O)C(O)[C@@H]4O)[C@H](O)C(O)[C@@H]3O)[C@H](O)C(O)[C@@H]2O)C(O)[C@@H](O)C(O)[C@H]1O[C@H]1OC(CO)[C@@H](O)C(O)[C@H]1O. The number of aliphatic hydroxyl groups excluding tert-OH is 20. The van der Waals surface area contributed by atoms with Crippen LogP contribution in [0, 0.1) is 0 Å². The normalized spacial score (nSPS) is 38.1. The molecule has 0 spiro atoms. The maximum absolute atomic E-state index is 14.5. The van der Waals surface area contributed by atoms with Crippen molar-refractivity contribution < 1.29 is 187 Å². The molecule has 0 amide bonds. The third-order valence-electron chi connectivity index (χ3n) is 21.0. The number of carbonyl (C=O) groups excluding carboxylic acids is 2. The van der Waals surface area contributed by atoms with Crippen LogP contribution >= 0.6 is 7.82 Å². The molecule has 5 saturated heterocycles. The van der Waals surface area contributed by atoms with Gasteiger partial charge in [0.2, 0.25) is 0 Å². The lowest BCUT2D eigenvalue weighted by Crippen LogP contribution is -2.69. The van der Waals surface area contributed by atoms with Crippen molar-refractivity contribution in [2.45, 2.75) is 383 Å². The highest BCUT2D eigenvalue weighted by molar-refractivity contribution is 7.47. The fourth-order valence-electron chi connectivity index (χ4n) is 13.9. The standard InChI is InChI=1S/C74H131O38P/c1-3-5-7-9-11-13-15-17-18-19-21-22-24-26-28-30-32-47(77)99-36-41(104-48(78)33-31-29-27-25-23-20-16-14-12-10-8-6-4-2)37-103-113(97,98)112-69-67(110-73-65(95)55(85)50(80)43(35-76)106-73)60(90)59(89)61(91)68(69)111-74-66(96)58(88)53(83)46(109-74)40-102-72-64(94)57(87)52(82)45(108-72)39-101-71-63(93)56(86)51(81)44(107-71)38-100-70-62(92)54(84)49(79)42(34-75)105-70/h14,16,18-19,41-46,49-76,79-96H,3-13,15,17,20-40H2,1-2H3,(H,97,98)/b16-14-,19-18-/t41-,42?,43?,44?,45?,46?,49+,50-,51+,52+,53+,54?,55?,56?,57?,58?,59+,60?,61?,62+,63+,64+,65-,66+,67-,68?,69+,70-,71-,72-,73-,74+/m1/s1. The van der Waals surface area contributed by atoms with Gasteiger partial charge in [-0.3, -0.25) is 18.6 Å². The minimum absolute atomic E-state index is 0.0326. The van der Waals surface area contributed by atoms with E-state index in [9.17, 15) is 121 Å². The van der Waals surface area contributed by atoms with Crippen molar-refractivity contribution in [2.24, 2.45) is 0 Å². The van der Waals surface area contributed by atoms with Crippen molar-refractivity contribution in [1.82, 2.24) is 0 Å². The van der Waals surface area contributed by atoms with Crippen LogP contribution in [0.4, 0.5) is 0 Å². The predicted octanol–water partition coefficient (Wildman–Crippen LogP) is -2.43. The molecule has 39 heteroatoms. The molecule has 0 radical (unpaired) electrons. The van der Waals surface area contributed by atoms with E-state index in [2.05, 4.69) is 38.2 Å². The summed E-state index contributed by atoms with van der Waals surface area (Å²) in [6.45, 7) is -1.94. The highest BCUT2D eigenvalue weighted by Crippen LogP contribution is 2.49. The molecule has 38 nitrogen and oxygen atoms in total. The lowest BCUT2D eigenvalue weighted by Gasteiger charge is -2.49. The summed E-state index contributed by atoms with van der Waals surface area (Å²) in [5, 5.41) is 217. The van der Waals surface area contributed by atoms with Gasteiger partial charge in [-0.1, -0.05) is 134 Å². The summed E-state index contributed by atoms with van der Waals surface area (Å²) in [4.78, 5) is 38.3. The van der Waals surface area contributed by atoms with Gasteiger partial charge < -0.3 is 164 Å². The molecule has 14 unspecified atom stereocenters. The van der Waals surface area contributed by atoms with E-state index < -0.39 is 262 Å². The number of hydrogen-bond donors (Lipinski definition) is 21. The monoisotopic (exact) mass is 1660 g/mol. The van der Waals surface area contributed by atoms with Crippen LogP contribution in [0.5, 0.6) is 0 Å². The number of allylic oxidation sites excluding steroid dienone is 4. The number of rotatable bonds is 52. The van der Waals surface area contributed by atoms with Gasteiger partial charge in [-0.15, -0.1) is 0 Å². The zero-order valence-corrected chi connectivity index (χ0v) is 65.5. The van der Waals surface area contributed by atoms with Crippen molar-refractivity contribution in [3.8, 4) is 0 Å². The van der Waals surface area contributed by atoms with Crippen molar-refractivity contribution in [1.29, 1.82) is 0 Å². The van der Waals surface area contributed by atoms with Gasteiger partial charge in [-0.25, -0.2) is 4.57 Å². The first kappa shape index (κ1) is 99.1. The molecule has 1 saturated carbocycles. The second kappa shape index (κ2) is 51.8. The predicted molar refractivity (Wildman–Crippen MR) is 389 cm³/mol. The Labute approximate surface area is 658 Å². The van der Waals surface area contributed by atoms with Crippen molar-refractivity contribution in [3.05, 3.63) is 24.3 Å². The summed E-state index contributed by atoms with van der Waals surface area (Å²) in [6.07, 6.45) is -33.0. The van der Waals surface area contributed by atoms with E-state index in [4.69, 9.17) is 65.9 Å². The second-order valence-corrected chi connectivity index (χ2v) is 31.5. The minimum atomic E-state index is -5.86. The summed E-state index contributed by atoms with van der Waals surface area (Å²) < 4.78 is 92.9. The number of ether oxygens (including phenoxy) is 12. The largest absolute Gasteiger partial charge is 0.472 e. The Morgan fingerprint density at radius 1 is 0.345 bits per heavy atom. The molecule has 660 valence electrons.